The lowest BCUT2D eigenvalue weighted by Gasteiger charge is -2.33. The molecular formula is C17H21N5O4S2. The number of nitriles is 1. The molecule has 1 aliphatic rings. The van der Waals surface area contributed by atoms with Crippen molar-refractivity contribution in [3.8, 4) is 6.07 Å². The van der Waals surface area contributed by atoms with Gasteiger partial charge in [0, 0.05) is 33.2 Å². The highest BCUT2D eigenvalue weighted by molar-refractivity contribution is 7.89. The number of piperazine rings is 1. The molecule has 0 N–H and O–H groups in total. The molecule has 150 valence electrons. The van der Waals surface area contributed by atoms with E-state index in [1.807, 2.05) is 6.07 Å². The molecule has 1 aromatic heterocycles. The average Bonchev–Trinajstić information content (AvgIpc) is 2.94. The third-order valence-corrected chi connectivity index (χ3v) is 8.97. The number of rotatable bonds is 4. The van der Waals surface area contributed by atoms with Crippen molar-refractivity contribution in [2.45, 2.75) is 23.6 Å². The maximum absolute atomic E-state index is 13.0. The Hall–Kier alpha value is -2.26. The van der Waals surface area contributed by atoms with Crippen molar-refractivity contribution in [1.29, 1.82) is 5.26 Å². The van der Waals surface area contributed by atoms with Crippen molar-refractivity contribution >= 4 is 20.0 Å². The Morgan fingerprint density at radius 3 is 2.00 bits per heavy atom. The normalized spacial score (nSPS) is 16.8. The van der Waals surface area contributed by atoms with E-state index in [-0.39, 0.29) is 41.5 Å². The Morgan fingerprint density at radius 2 is 1.50 bits per heavy atom. The highest BCUT2D eigenvalue weighted by atomic mass is 32.2. The van der Waals surface area contributed by atoms with Gasteiger partial charge >= 0.3 is 0 Å². The minimum Gasteiger partial charge on any atom is -0.271 e. The molecular weight excluding hydrogens is 402 g/mol. The molecule has 1 fully saturated rings. The van der Waals surface area contributed by atoms with Gasteiger partial charge in [-0.2, -0.15) is 19.0 Å². The zero-order valence-electron chi connectivity index (χ0n) is 15.8. The molecule has 0 saturated carbocycles. The largest absolute Gasteiger partial charge is 0.271 e. The van der Waals surface area contributed by atoms with Crippen molar-refractivity contribution in [3.63, 3.8) is 0 Å². The van der Waals surface area contributed by atoms with Gasteiger partial charge in [-0.15, -0.1) is 0 Å². The van der Waals surface area contributed by atoms with Gasteiger partial charge in [0.25, 0.3) is 0 Å². The van der Waals surface area contributed by atoms with E-state index >= 15 is 0 Å². The fourth-order valence-corrected chi connectivity index (χ4v) is 6.72. The van der Waals surface area contributed by atoms with Crippen LogP contribution in [0.5, 0.6) is 0 Å². The Labute approximate surface area is 164 Å². The van der Waals surface area contributed by atoms with Gasteiger partial charge in [-0.3, -0.25) is 4.68 Å². The van der Waals surface area contributed by atoms with Gasteiger partial charge in [0.05, 0.1) is 21.8 Å². The van der Waals surface area contributed by atoms with Gasteiger partial charge < -0.3 is 0 Å². The van der Waals surface area contributed by atoms with Crippen LogP contribution in [0, 0.1) is 25.2 Å². The summed E-state index contributed by atoms with van der Waals surface area (Å²) >= 11 is 0. The van der Waals surface area contributed by atoms with Crippen molar-refractivity contribution in [2.75, 3.05) is 26.2 Å². The summed E-state index contributed by atoms with van der Waals surface area (Å²) in [5, 5.41) is 13.3. The monoisotopic (exact) mass is 423 g/mol. The summed E-state index contributed by atoms with van der Waals surface area (Å²) in [6.07, 6.45) is 0. The third-order valence-electron chi connectivity index (χ3n) is 4.86. The Kier molecular flexibility index (Phi) is 5.33. The van der Waals surface area contributed by atoms with E-state index in [1.165, 1.54) is 25.4 Å². The predicted octanol–water partition coefficient (Wildman–Crippen LogP) is 0.604. The molecule has 11 heteroatoms. The van der Waals surface area contributed by atoms with Crippen LogP contribution in [0.2, 0.25) is 0 Å². The molecule has 9 nitrogen and oxygen atoms in total. The fraction of sp³-hybridized carbons (Fsp3) is 0.412. The number of aromatic nitrogens is 2. The van der Waals surface area contributed by atoms with E-state index in [2.05, 4.69) is 5.10 Å². The first-order chi connectivity index (χ1) is 13.1. The number of hydrogen-bond donors (Lipinski definition) is 0. The third kappa shape index (κ3) is 3.33. The number of aryl methyl sites for hydroxylation is 2. The summed E-state index contributed by atoms with van der Waals surface area (Å²) in [7, 11) is -5.97. The molecule has 28 heavy (non-hydrogen) atoms. The summed E-state index contributed by atoms with van der Waals surface area (Å²) in [5.74, 6) is 0. The second kappa shape index (κ2) is 7.29. The van der Waals surface area contributed by atoms with Crippen LogP contribution >= 0.6 is 0 Å². The van der Waals surface area contributed by atoms with Gasteiger partial charge in [0.15, 0.2) is 0 Å². The zero-order valence-corrected chi connectivity index (χ0v) is 17.5. The van der Waals surface area contributed by atoms with E-state index in [0.717, 1.165) is 0 Å². The maximum Gasteiger partial charge on any atom is 0.246 e. The smallest absolute Gasteiger partial charge is 0.246 e. The maximum atomic E-state index is 13.0. The van der Waals surface area contributed by atoms with Crippen LogP contribution in [-0.2, 0) is 27.1 Å². The van der Waals surface area contributed by atoms with Gasteiger partial charge in [0.2, 0.25) is 20.0 Å². The van der Waals surface area contributed by atoms with Gasteiger partial charge in [-0.25, -0.2) is 16.8 Å². The molecule has 2 aromatic rings. The van der Waals surface area contributed by atoms with Crippen molar-refractivity contribution in [2.24, 2.45) is 7.05 Å². The Balaban J connectivity index is 1.84. The van der Waals surface area contributed by atoms with Crippen LogP contribution in [0.25, 0.3) is 0 Å². The first-order valence-electron chi connectivity index (χ1n) is 8.60. The van der Waals surface area contributed by atoms with Crippen LogP contribution < -0.4 is 0 Å². The molecule has 1 saturated heterocycles. The average molecular weight is 424 g/mol. The molecule has 0 aliphatic carbocycles. The summed E-state index contributed by atoms with van der Waals surface area (Å²) in [6.45, 7) is 3.42. The minimum absolute atomic E-state index is 0.0136. The van der Waals surface area contributed by atoms with Crippen molar-refractivity contribution < 1.29 is 16.8 Å². The second-order valence-electron chi connectivity index (χ2n) is 6.54. The molecule has 1 aliphatic heterocycles. The molecule has 0 atom stereocenters. The topological polar surface area (TPSA) is 116 Å². The van der Waals surface area contributed by atoms with E-state index in [1.54, 1.807) is 33.0 Å². The number of sulfonamides is 2. The lowest BCUT2D eigenvalue weighted by atomic mass is 10.2. The molecule has 3 rings (SSSR count). The van der Waals surface area contributed by atoms with Crippen molar-refractivity contribution in [3.05, 3.63) is 41.2 Å². The number of hydrogen-bond acceptors (Lipinski definition) is 6. The predicted molar refractivity (Wildman–Crippen MR) is 101 cm³/mol. The molecule has 1 aromatic carbocycles. The fourth-order valence-electron chi connectivity index (χ4n) is 3.33. The van der Waals surface area contributed by atoms with E-state index in [9.17, 15) is 22.1 Å². The van der Waals surface area contributed by atoms with Gasteiger partial charge in [0.1, 0.15) is 11.0 Å². The lowest BCUT2D eigenvalue weighted by molar-refractivity contribution is 0.272. The summed E-state index contributed by atoms with van der Waals surface area (Å²) in [4.78, 5) is 0.105. The van der Waals surface area contributed by atoms with Crippen LogP contribution in [-0.4, -0.2) is 61.4 Å². The standard InChI is InChI=1S/C17H21N5O4S2/c1-13-17(14(2)20(3)19-13)28(25,26)22-10-8-21(9-11-22)27(23,24)16-7-5-4-6-15(16)12-18/h4-7H,8-11H2,1-3H3. The number of benzene rings is 1. The summed E-state index contributed by atoms with van der Waals surface area (Å²) < 4.78 is 55.9. The lowest BCUT2D eigenvalue weighted by Crippen LogP contribution is -2.50. The summed E-state index contributed by atoms with van der Waals surface area (Å²) in [5.41, 5.74) is 1.02. The SMILES string of the molecule is Cc1nn(C)c(C)c1S(=O)(=O)N1CCN(S(=O)(=O)c2ccccc2C#N)CC1. The van der Waals surface area contributed by atoms with Gasteiger partial charge in [-0.1, -0.05) is 12.1 Å². The zero-order chi connectivity index (χ0) is 20.7. The van der Waals surface area contributed by atoms with Crippen LogP contribution in [0.4, 0.5) is 0 Å². The Morgan fingerprint density at radius 1 is 0.964 bits per heavy atom. The highest BCUT2D eigenvalue weighted by Gasteiger charge is 2.36. The van der Waals surface area contributed by atoms with Crippen LogP contribution in [0.15, 0.2) is 34.1 Å². The van der Waals surface area contributed by atoms with Crippen LogP contribution in [0.1, 0.15) is 17.0 Å². The second-order valence-corrected chi connectivity index (χ2v) is 10.3. The van der Waals surface area contributed by atoms with Crippen molar-refractivity contribution in [1.82, 2.24) is 18.4 Å². The molecule has 2 heterocycles. The first-order valence-corrected chi connectivity index (χ1v) is 11.5. The quantitative estimate of drug-likeness (QED) is 0.711. The molecule has 0 amide bonds. The molecule has 0 bridgehead atoms. The van der Waals surface area contributed by atoms with Crippen LogP contribution in [0.3, 0.4) is 0 Å². The number of nitrogens with zero attached hydrogens (tertiary/aromatic N) is 5. The highest BCUT2D eigenvalue weighted by Crippen LogP contribution is 2.26. The molecule has 0 radical (unpaired) electrons. The van der Waals surface area contributed by atoms with E-state index in [0.29, 0.717) is 11.4 Å². The molecule has 0 unspecified atom stereocenters. The first kappa shape index (κ1) is 20.5. The van der Waals surface area contributed by atoms with Gasteiger partial charge in [-0.05, 0) is 26.0 Å². The minimum atomic E-state index is -3.88. The summed E-state index contributed by atoms with van der Waals surface area (Å²) in [6, 6.07) is 7.88. The Bertz CT molecular complexity index is 1150. The van der Waals surface area contributed by atoms with E-state index < -0.39 is 20.0 Å². The van der Waals surface area contributed by atoms with E-state index in [4.69, 9.17) is 0 Å². The molecule has 0 spiro atoms.